The monoisotopic (exact) mass is 685 g/mol. The van der Waals surface area contributed by atoms with Crippen LogP contribution in [0.1, 0.15) is 52.8 Å². The summed E-state index contributed by atoms with van der Waals surface area (Å²) in [5.74, 6) is 0.600. The summed E-state index contributed by atoms with van der Waals surface area (Å²) in [7, 11) is -3.45. The average molecular weight is 686 g/mol. The maximum Gasteiger partial charge on any atom is 0.409 e. The Morgan fingerprint density at radius 1 is 1.11 bits per heavy atom. The summed E-state index contributed by atoms with van der Waals surface area (Å²) in [6, 6.07) is -0.0924. The van der Waals surface area contributed by atoms with Gasteiger partial charge in [-0.15, -0.1) is 0 Å². The van der Waals surface area contributed by atoms with Gasteiger partial charge in [-0.25, -0.2) is 28.2 Å². The molecule has 14 nitrogen and oxygen atoms in total. The van der Waals surface area contributed by atoms with Crippen LogP contribution in [0.2, 0.25) is 0 Å². The number of nitrogens with zero attached hydrogens (tertiary/aromatic N) is 8. The molecule has 0 aliphatic carbocycles. The number of hydrogen-bond acceptors (Lipinski definition) is 11. The Kier molecular flexibility index (Phi) is 10.0. The summed E-state index contributed by atoms with van der Waals surface area (Å²) in [5, 5.41) is 2.72. The van der Waals surface area contributed by atoms with Gasteiger partial charge in [-0.05, 0) is 26.7 Å². The minimum Gasteiger partial charge on any atom is -0.444 e. The average Bonchev–Trinajstić information content (AvgIpc) is 3.37. The highest BCUT2D eigenvalue weighted by Crippen LogP contribution is 2.34. The molecule has 5 rings (SSSR count). The molecule has 0 saturated carbocycles. The van der Waals surface area contributed by atoms with Crippen molar-refractivity contribution in [2.24, 2.45) is 4.99 Å². The molecular weight excluding hydrogens is 643 g/mol. The van der Waals surface area contributed by atoms with E-state index in [4.69, 9.17) is 19.4 Å². The first-order valence-corrected chi connectivity index (χ1v) is 17.6. The third-order valence-electron chi connectivity index (χ3n) is 8.57. The van der Waals surface area contributed by atoms with Crippen molar-refractivity contribution in [2.45, 2.75) is 77.5 Å². The highest BCUT2D eigenvalue weighted by molar-refractivity contribution is 7.88. The second kappa shape index (κ2) is 13.5. The Hall–Kier alpha value is -3.51. The number of morpholine rings is 1. The molecule has 0 spiro atoms. The first kappa shape index (κ1) is 34.8. The molecule has 47 heavy (non-hydrogen) atoms. The Labute approximate surface area is 272 Å². The van der Waals surface area contributed by atoms with E-state index in [9.17, 15) is 26.4 Å². The number of piperazine rings is 1. The Morgan fingerprint density at radius 2 is 1.83 bits per heavy atom. The van der Waals surface area contributed by atoms with Crippen molar-refractivity contribution in [3.8, 4) is 0 Å². The lowest BCUT2D eigenvalue weighted by Gasteiger charge is -2.36. The standard InChI is InChI=1S/C29H42F3N9O5S/c1-6-20-17-45-15-14-40(20)24-22-25(37-23(36-24)19-8-9-21(33-16-19)34-27(42)46-28(3,4)7-2)41(18-29(30,31)32)26(35-22)38-10-12-39(13-11-38)47(5,43)44/h8,16,20-21H,6-7,9-15,17-18H2,1-5H3,(H,34,42)/t20-,21-/m0/s1. The lowest BCUT2D eigenvalue weighted by atomic mass is 10.1. The molecule has 2 aromatic heterocycles. The number of nitrogens with one attached hydrogen (secondary N) is 1. The molecular formula is C29H42F3N9O5S. The van der Waals surface area contributed by atoms with Crippen LogP contribution in [-0.2, 0) is 26.0 Å². The van der Waals surface area contributed by atoms with Crippen LogP contribution in [0.5, 0.6) is 0 Å². The number of hydrogen-bond donors (Lipinski definition) is 1. The van der Waals surface area contributed by atoms with Gasteiger partial charge in [0.2, 0.25) is 16.0 Å². The second-order valence-corrected chi connectivity index (χ2v) is 14.5. The summed E-state index contributed by atoms with van der Waals surface area (Å²) in [5.41, 5.74) is 0.0633. The molecule has 2 atom stereocenters. The van der Waals surface area contributed by atoms with Gasteiger partial charge < -0.3 is 19.3 Å². The number of dihydropyridines is 1. The minimum absolute atomic E-state index is 0.00383. The molecule has 1 amide bonds. The molecule has 2 aromatic rings. The quantitative estimate of drug-likeness (QED) is 0.418. The van der Waals surface area contributed by atoms with E-state index in [1.54, 1.807) is 11.0 Å². The number of halogens is 3. The van der Waals surface area contributed by atoms with E-state index in [-0.39, 0.29) is 61.6 Å². The van der Waals surface area contributed by atoms with Crippen LogP contribution >= 0.6 is 0 Å². The van der Waals surface area contributed by atoms with Gasteiger partial charge in [0.1, 0.15) is 18.3 Å². The zero-order chi connectivity index (χ0) is 34.1. The Balaban J connectivity index is 1.55. The third kappa shape index (κ3) is 8.14. The topological polar surface area (TPSA) is 147 Å². The molecule has 18 heteroatoms. The van der Waals surface area contributed by atoms with E-state index >= 15 is 0 Å². The zero-order valence-electron chi connectivity index (χ0n) is 27.2. The number of rotatable bonds is 9. The van der Waals surface area contributed by atoms with E-state index in [0.29, 0.717) is 44.0 Å². The van der Waals surface area contributed by atoms with Gasteiger partial charge in [0.05, 0.1) is 25.5 Å². The number of carbonyl (C=O) groups excluding carboxylic acids is 1. The molecule has 0 aromatic carbocycles. The lowest BCUT2D eigenvalue weighted by Crippen LogP contribution is -2.49. The van der Waals surface area contributed by atoms with Gasteiger partial charge in [0.15, 0.2) is 22.8 Å². The molecule has 2 fully saturated rings. The molecule has 0 bridgehead atoms. The highest BCUT2D eigenvalue weighted by atomic mass is 32.2. The van der Waals surface area contributed by atoms with Crippen molar-refractivity contribution in [2.75, 3.05) is 62.0 Å². The predicted octanol–water partition coefficient (Wildman–Crippen LogP) is 3.18. The van der Waals surface area contributed by atoms with E-state index in [2.05, 4.69) is 15.3 Å². The molecule has 0 unspecified atom stereocenters. The molecule has 1 N–H and O–H groups in total. The van der Waals surface area contributed by atoms with E-state index in [1.165, 1.54) is 10.5 Å². The fraction of sp³-hybridized carbons (Fsp3) is 0.690. The number of anilines is 2. The van der Waals surface area contributed by atoms with Gasteiger partial charge in [-0.3, -0.25) is 14.9 Å². The van der Waals surface area contributed by atoms with Crippen molar-refractivity contribution in [3.05, 3.63) is 11.9 Å². The van der Waals surface area contributed by atoms with Gasteiger partial charge in [-0.1, -0.05) is 19.9 Å². The summed E-state index contributed by atoms with van der Waals surface area (Å²) in [6.45, 7) is 7.99. The number of alkyl halides is 3. The van der Waals surface area contributed by atoms with Crippen LogP contribution in [0.15, 0.2) is 11.1 Å². The fourth-order valence-electron chi connectivity index (χ4n) is 5.62. The summed E-state index contributed by atoms with van der Waals surface area (Å²) in [4.78, 5) is 34.7. The van der Waals surface area contributed by atoms with Crippen molar-refractivity contribution in [1.82, 2.24) is 29.1 Å². The summed E-state index contributed by atoms with van der Waals surface area (Å²) >= 11 is 0. The number of ether oxygens (including phenoxy) is 2. The predicted molar refractivity (Wildman–Crippen MR) is 171 cm³/mol. The van der Waals surface area contributed by atoms with Gasteiger partial charge in [0, 0.05) is 50.9 Å². The molecule has 260 valence electrons. The Bertz CT molecular complexity index is 1640. The minimum atomic E-state index is -4.60. The number of aromatic nitrogens is 4. The molecule has 3 aliphatic rings. The Morgan fingerprint density at radius 3 is 2.43 bits per heavy atom. The number of fused-ring (bicyclic) bond motifs is 1. The maximum absolute atomic E-state index is 14.1. The van der Waals surface area contributed by atoms with Crippen LogP contribution in [0.25, 0.3) is 16.7 Å². The molecule has 0 radical (unpaired) electrons. The number of amides is 1. The van der Waals surface area contributed by atoms with Crippen molar-refractivity contribution >= 4 is 50.8 Å². The molecule has 2 saturated heterocycles. The first-order valence-electron chi connectivity index (χ1n) is 15.7. The zero-order valence-corrected chi connectivity index (χ0v) is 28.1. The number of carbonyl (C=O) groups is 1. The smallest absolute Gasteiger partial charge is 0.409 e. The van der Waals surface area contributed by atoms with Crippen LogP contribution in [0.4, 0.5) is 29.7 Å². The summed E-state index contributed by atoms with van der Waals surface area (Å²) in [6.07, 6.45) is 0.206. The van der Waals surface area contributed by atoms with Gasteiger partial charge in [-0.2, -0.15) is 17.5 Å². The maximum atomic E-state index is 14.1. The second-order valence-electron chi connectivity index (χ2n) is 12.5. The highest BCUT2D eigenvalue weighted by Gasteiger charge is 2.36. The van der Waals surface area contributed by atoms with Crippen molar-refractivity contribution in [1.29, 1.82) is 0 Å². The first-order chi connectivity index (χ1) is 22.1. The number of sulfonamides is 1. The van der Waals surface area contributed by atoms with Gasteiger partial charge >= 0.3 is 12.3 Å². The fourth-order valence-corrected chi connectivity index (χ4v) is 6.44. The van der Waals surface area contributed by atoms with Crippen LogP contribution in [-0.4, -0.2) is 121 Å². The van der Waals surface area contributed by atoms with Crippen LogP contribution in [0.3, 0.4) is 0 Å². The van der Waals surface area contributed by atoms with E-state index in [1.807, 2.05) is 32.6 Å². The molecule has 5 heterocycles. The number of aliphatic imine (C=N–C) groups is 1. The van der Waals surface area contributed by atoms with Crippen LogP contribution < -0.4 is 15.1 Å². The number of allylic oxidation sites excluding steroid dienone is 1. The summed E-state index contributed by atoms with van der Waals surface area (Å²) < 4.78 is 80.0. The van der Waals surface area contributed by atoms with Gasteiger partial charge in [0.25, 0.3) is 0 Å². The normalized spacial score (nSPS) is 21.7. The number of alkyl carbamates (subject to hydrolysis) is 1. The van der Waals surface area contributed by atoms with Crippen LogP contribution in [0, 0.1) is 0 Å². The van der Waals surface area contributed by atoms with E-state index in [0.717, 1.165) is 10.8 Å². The molecule has 3 aliphatic heterocycles. The number of imidazole rings is 1. The SMILES string of the molecule is CC[C@H]1COCCN1c1nc(C2=CC[C@H](NC(=O)OC(C)(C)CC)N=C2)nc2c1nc(N1CCN(S(C)(=O)=O)CC1)n2CC(F)(F)F. The third-order valence-corrected chi connectivity index (χ3v) is 9.88. The largest absolute Gasteiger partial charge is 0.444 e. The van der Waals surface area contributed by atoms with Crippen molar-refractivity contribution in [3.63, 3.8) is 0 Å². The van der Waals surface area contributed by atoms with Crippen molar-refractivity contribution < 1.29 is 35.9 Å². The van der Waals surface area contributed by atoms with E-state index < -0.39 is 40.6 Å². The lowest BCUT2D eigenvalue weighted by molar-refractivity contribution is -0.139.